The summed E-state index contributed by atoms with van der Waals surface area (Å²) in [4.78, 5) is 6.62. The lowest BCUT2D eigenvalue weighted by Gasteiger charge is -2.30. The van der Waals surface area contributed by atoms with Gasteiger partial charge in [-0.15, -0.1) is 0 Å². The molecule has 0 bridgehead atoms. The van der Waals surface area contributed by atoms with Crippen LogP contribution in [0.1, 0.15) is 23.1 Å². The number of hydrogen-bond donors (Lipinski definition) is 2. The number of guanidine groups is 1. The standard InChI is InChI=1S/C16H24N4/c1-3-18-8-4-9-19-16(17)20-10-7-14-11-13(2)5-6-15(14)12-20/h3,5-6,11,18H,1,4,7-10,12H2,2H3,(H2,17,19). The molecule has 0 fully saturated rings. The van der Waals surface area contributed by atoms with E-state index >= 15 is 0 Å². The molecular formula is C16H24N4. The number of benzene rings is 1. The number of nitrogens with zero attached hydrogens (tertiary/aromatic N) is 2. The molecule has 0 atom stereocenters. The van der Waals surface area contributed by atoms with E-state index in [9.17, 15) is 0 Å². The number of fused-ring (bicyclic) bond motifs is 1. The summed E-state index contributed by atoms with van der Waals surface area (Å²) in [5, 5.41) is 3.06. The van der Waals surface area contributed by atoms with Gasteiger partial charge in [0.15, 0.2) is 5.96 Å². The summed E-state index contributed by atoms with van der Waals surface area (Å²) in [5.41, 5.74) is 10.2. The van der Waals surface area contributed by atoms with Gasteiger partial charge in [0.05, 0.1) is 0 Å². The number of nitrogens with one attached hydrogen (secondary N) is 1. The van der Waals surface area contributed by atoms with Crippen molar-refractivity contribution < 1.29 is 0 Å². The lowest BCUT2D eigenvalue weighted by Crippen LogP contribution is -2.41. The first-order valence-electron chi connectivity index (χ1n) is 7.18. The maximum atomic E-state index is 6.09. The normalized spacial score (nSPS) is 14.8. The molecule has 0 aliphatic carbocycles. The zero-order valence-electron chi connectivity index (χ0n) is 12.2. The van der Waals surface area contributed by atoms with Crippen LogP contribution in [-0.2, 0) is 13.0 Å². The fourth-order valence-corrected chi connectivity index (χ4v) is 2.45. The average molecular weight is 272 g/mol. The van der Waals surface area contributed by atoms with Gasteiger partial charge in [-0.2, -0.15) is 0 Å². The largest absolute Gasteiger partial charge is 0.391 e. The van der Waals surface area contributed by atoms with Crippen molar-refractivity contribution in [1.82, 2.24) is 10.2 Å². The van der Waals surface area contributed by atoms with Crippen molar-refractivity contribution >= 4 is 5.96 Å². The lowest BCUT2D eigenvalue weighted by atomic mass is 9.98. The van der Waals surface area contributed by atoms with Gasteiger partial charge in [-0.05, 0) is 37.1 Å². The van der Waals surface area contributed by atoms with Crippen LogP contribution in [0.3, 0.4) is 0 Å². The van der Waals surface area contributed by atoms with Crippen LogP contribution in [0.15, 0.2) is 36.0 Å². The van der Waals surface area contributed by atoms with E-state index in [4.69, 9.17) is 5.73 Å². The smallest absolute Gasteiger partial charge is 0.191 e. The van der Waals surface area contributed by atoms with E-state index in [2.05, 4.69) is 46.9 Å². The SMILES string of the molecule is C=CNCCCN=C(N)N1CCc2cc(C)ccc2C1. The van der Waals surface area contributed by atoms with Crippen LogP contribution in [0, 0.1) is 6.92 Å². The zero-order valence-corrected chi connectivity index (χ0v) is 12.2. The quantitative estimate of drug-likeness (QED) is 0.488. The van der Waals surface area contributed by atoms with Gasteiger partial charge in [-0.25, -0.2) is 0 Å². The van der Waals surface area contributed by atoms with Gasteiger partial charge < -0.3 is 16.0 Å². The summed E-state index contributed by atoms with van der Waals surface area (Å²) in [6.45, 7) is 9.22. The molecule has 4 nitrogen and oxygen atoms in total. The number of aryl methyl sites for hydroxylation is 1. The molecule has 1 aliphatic heterocycles. The number of hydrogen-bond acceptors (Lipinski definition) is 2. The summed E-state index contributed by atoms with van der Waals surface area (Å²) in [7, 11) is 0. The molecule has 1 heterocycles. The Hall–Kier alpha value is -1.97. The van der Waals surface area contributed by atoms with E-state index in [1.165, 1.54) is 16.7 Å². The fourth-order valence-electron chi connectivity index (χ4n) is 2.45. The first kappa shape index (κ1) is 14.4. The van der Waals surface area contributed by atoms with Crippen molar-refractivity contribution in [3.63, 3.8) is 0 Å². The van der Waals surface area contributed by atoms with Crippen LogP contribution < -0.4 is 11.1 Å². The summed E-state index contributed by atoms with van der Waals surface area (Å²) in [6.07, 6.45) is 3.72. The molecule has 0 saturated carbocycles. The van der Waals surface area contributed by atoms with Crippen molar-refractivity contribution in [2.45, 2.75) is 26.3 Å². The Kier molecular flexibility index (Phi) is 5.04. The first-order valence-corrected chi connectivity index (χ1v) is 7.18. The highest BCUT2D eigenvalue weighted by Gasteiger charge is 2.17. The van der Waals surface area contributed by atoms with Gasteiger partial charge >= 0.3 is 0 Å². The van der Waals surface area contributed by atoms with Crippen LogP contribution in [0.2, 0.25) is 0 Å². The molecule has 1 aliphatic rings. The van der Waals surface area contributed by atoms with E-state index in [1.54, 1.807) is 6.20 Å². The van der Waals surface area contributed by atoms with E-state index in [0.29, 0.717) is 5.96 Å². The molecular weight excluding hydrogens is 248 g/mol. The highest BCUT2D eigenvalue weighted by molar-refractivity contribution is 5.78. The second-order valence-electron chi connectivity index (χ2n) is 5.20. The van der Waals surface area contributed by atoms with E-state index in [1.807, 2.05) is 0 Å². The minimum Gasteiger partial charge on any atom is -0.391 e. The van der Waals surface area contributed by atoms with Gasteiger partial charge in [-0.3, -0.25) is 4.99 Å². The molecule has 3 N–H and O–H groups in total. The molecule has 20 heavy (non-hydrogen) atoms. The van der Waals surface area contributed by atoms with Gasteiger partial charge in [0.1, 0.15) is 0 Å². The minimum atomic E-state index is 0.662. The molecule has 0 unspecified atom stereocenters. The molecule has 108 valence electrons. The van der Waals surface area contributed by atoms with Crippen LogP contribution in [0.5, 0.6) is 0 Å². The van der Waals surface area contributed by atoms with Crippen LogP contribution in [-0.4, -0.2) is 30.5 Å². The van der Waals surface area contributed by atoms with Gasteiger partial charge in [0.2, 0.25) is 0 Å². The third kappa shape index (κ3) is 3.76. The third-order valence-electron chi connectivity index (χ3n) is 3.60. The maximum Gasteiger partial charge on any atom is 0.191 e. The monoisotopic (exact) mass is 272 g/mol. The number of aliphatic imine (C=N–C) groups is 1. The van der Waals surface area contributed by atoms with Crippen molar-refractivity contribution in [2.75, 3.05) is 19.6 Å². The Bertz CT molecular complexity index is 493. The van der Waals surface area contributed by atoms with Gasteiger partial charge in [-0.1, -0.05) is 30.3 Å². The summed E-state index contributed by atoms with van der Waals surface area (Å²) >= 11 is 0. The highest BCUT2D eigenvalue weighted by Crippen LogP contribution is 2.19. The van der Waals surface area contributed by atoms with Gasteiger partial charge in [0.25, 0.3) is 0 Å². The number of rotatable bonds is 5. The first-order chi connectivity index (χ1) is 9.70. The highest BCUT2D eigenvalue weighted by atomic mass is 15.3. The molecule has 0 aromatic heterocycles. The second kappa shape index (κ2) is 6.98. The molecule has 2 rings (SSSR count). The molecule has 4 heteroatoms. The maximum absolute atomic E-state index is 6.09. The summed E-state index contributed by atoms with van der Waals surface area (Å²) < 4.78 is 0. The minimum absolute atomic E-state index is 0.662. The molecule has 1 aromatic carbocycles. The Balaban J connectivity index is 1.89. The Morgan fingerprint density at radius 3 is 3.15 bits per heavy atom. The predicted octanol–water partition coefficient (Wildman–Crippen LogP) is 1.79. The van der Waals surface area contributed by atoms with Gasteiger partial charge in [0, 0.05) is 26.2 Å². The summed E-state index contributed by atoms with van der Waals surface area (Å²) in [6, 6.07) is 6.65. The van der Waals surface area contributed by atoms with Crippen molar-refractivity contribution in [3.05, 3.63) is 47.7 Å². The molecule has 1 aromatic rings. The van der Waals surface area contributed by atoms with Crippen molar-refractivity contribution in [1.29, 1.82) is 0 Å². The molecule has 0 saturated heterocycles. The average Bonchev–Trinajstić information content (AvgIpc) is 2.46. The van der Waals surface area contributed by atoms with Crippen LogP contribution in [0.25, 0.3) is 0 Å². The van der Waals surface area contributed by atoms with E-state index < -0.39 is 0 Å². The lowest BCUT2D eigenvalue weighted by molar-refractivity contribution is 0.388. The van der Waals surface area contributed by atoms with E-state index in [-0.39, 0.29) is 0 Å². The van der Waals surface area contributed by atoms with Crippen molar-refractivity contribution in [3.8, 4) is 0 Å². The van der Waals surface area contributed by atoms with Crippen molar-refractivity contribution in [2.24, 2.45) is 10.7 Å². The predicted molar refractivity (Wildman–Crippen MR) is 84.6 cm³/mol. The van der Waals surface area contributed by atoms with E-state index in [0.717, 1.165) is 39.0 Å². The van der Waals surface area contributed by atoms with Crippen LogP contribution >= 0.6 is 0 Å². The fraction of sp³-hybridized carbons (Fsp3) is 0.438. The second-order valence-corrected chi connectivity index (χ2v) is 5.20. The molecule has 0 spiro atoms. The zero-order chi connectivity index (χ0) is 14.4. The number of nitrogens with two attached hydrogens (primary N) is 1. The molecule has 0 amide bonds. The Morgan fingerprint density at radius 2 is 2.35 bits per heavy atom. The Morgan fingerprint density at radius 1 is 1.50 bits per heavy atom. The molecule has 0 radical (unpaired) electrons. The summed E-state index contributed by atoms with van der Waals surface area (Å²) in [5.74, 6) is 0.662. The van der Waals surface area contributed by atoms with Crippen LogP contribution in [0.4, 0.5) is 0 Å². The third-order valence-corrected chi connectivity index (χ3v) is 3.60. The Labute approximate surface area is 121 Å². The topological polar surface area (TPSA) is 53.6 Å².